The summed E-state index contributed by atoms with van der Waals surface area (Å²) in [6, 6.07) is 11.5. The van der Waals surface area contributed by atoms with Crippen LogP contribution in [-0.2, 0) is 4.74 Å². The molecular weight excluding hydrogens is 318 g/mol. The van der Waals surface area contributed by atoms with Gasteiger partial charge in [0.2, 0.25) is 0 Å². The molecule has 1 atom stereocenters. The lowest BCUT2D eigenvalue weighted by molar-refractivity contribution is 0.0162. The first-order valence-corrected chi connectivity index (χ1v) is 8.42. The van der Waals surface area contributed by atoms with E-state index in [1.165, 1.54) is 0 Å². The van der Waals surface area contributed by atoms with Crippen molar-refractivity contribution in [3.8, 4) is 5.75 Å². The van der Waals surface area contributed by atoms with Gasteiger partial charge in [-0.25, -0.2) is 0 Å². The van der Waals surface area contributed by atoms with Gasteiger partial charge in [-0.1, -0.05) is 12.1 Å². The third-order valence-electron chi connectivity index (χ3n) is 4.39. The number of nitrogens with one attached hydrogen (secondary N) is 1. The Labute approximate surface area is 147 Å². The maximum atomic E-state index is 12.4. The first-order chi connectivity index (χ1) is 12.3. The van der Waals surface area contributed by atoms with Gasteiger partial charge < -0.3 is 14.8 Å². The van der Waals surface area contributed by atoms with E-state index >= 15 is 0 Å². The fraction of sp³-hybridized carbons (Fsp3) is 0.368. The Bertz CT molecular complexity index is 670. The summed E-state index contributed by atoms with van der Waals surface area (Å²) in [4.78, 5) is 18.7. The number of methoxy groups -OCH3 is 1. The number of nitrogens with zero attached hydrogens (tertiary/aromatic N) is 2. The highest BCUT2D eigenvalue weighted by atomic mass is 16.5. The molecule has 2 aromatic rings. The van der Waals surface area contributed by atoms with Gasteiger partial charge in [-0.3, -0.25) is 14.7 Å². The highest BCUT2D eigenvalue weighted by Gasteiger charge is 2.23. The third kappa shape index (κ3) is 4.55. The Balaban J connectivity index is 1.72. The van der Waals surface area contributed by atoms with Crippen molar-refractivity contribution in [3.63, 3.8) is 0 Å². The highest BCUT2D eigenvalue weighted by molar-refractivity contribution is 5.93. The van der Waals surface area contributed by atoms with Gasteiger partial charge in [0.15, 0.2) is 0 Å². The Morgan fingerprint density at radius 2 is 1.88 bits per heavy atom. The predicted molar refractivity (Wildman–Crippen MR) is 94.7 cm³/mol. The molecule has 1 aliphatic heterocycles. The van der Waals surface area contributed by atoms with Crippen molar-refractivity contribution in [1.82, 2.24) is 15.2 Å². The summed E-state index contributed by atoms with van der Waals surface area (Å²) in [7, 11) is 1.66. The fourth-order valence-corrected chi connectivity index (χ4v) is 2.97. The monoisotopic (exact) mass is 341 g/mol. The average Bonchev–Trinajstić information content (AvgIpc) is 2.70. The number of hydrogen-bond acceptors (Lipinski definition) is 5. The number of pyridine rings is 1. The van der Waals surface area contributed by atoms with E-state index in [-0.39, 0.29) is 11.9 Å². The molecule has 6 heteroatoms. The molecule has 2 heterocycles. The van der Waals surface area contributed by atoms with Crippen molar-refractivity contribution in [2.75, 3.05) is 40.0 Å². The maximum absolute atomic E-state index is 12.4. The smallest absolute Gasteiger partial charge is 0.251 e. The zero-order chi connectivity index (χ0) is 17.5. The Hall–Kier alpha value is -2.44. The summed E-state index contributed by atoms with van der Waals surface area (Å²) in [5.41, 5.74) is 1.77. The van der Waals surface area contributed by atoms with Crippen LogP contribution in [0.25, 0.3) is 0 Å². The van der Waals surface area contributed by atoms with Crippen LogP contribution in [0.2, 0.25) is 0 Å². The first kappa shape index (κ1) is 17.4. The van der Waals surface area contributed by atoms with Crippen LogP contribution in [0.4, 0.5) is 0 Å². The molecule has 1 fully saturated rings. The number of ether oxygens (including phenoxy) is 2. The van der Waals surface area contributed by atoms with Crippen molar-refractivity contribution in [3.05, 3.63) is 59.9 Å². The summed E-state index contributed by atoms with van der Waals surface area (Å²) in [6.07, 6.45) is 3.25. The molecule has 0 saturated carbocycles. The number of morpholine rings is 1. The van der Waals surface area contributed by atoms with E-state index in [1.54, 1.807) is 31.6 Å². The quantitative estimate of drug-likeness (QED) is 0.869. The third-order valence-corrected chi connectivity index (χ3v) is 4.39. The SMILES string of the molecule is COc1ccc(C(CNC(=O)c2ccncc2)N2CCOCC2)cc1. The summed E-state index contributed by atoms with van der Waals surface area (Å²) >= 11 is 0. The van der Waals surface area contributed by atoms with Crippen molar-refractivity contribution < 1.29 is 14.3 Å². The molecule has 1 unspecified atom stereocenters. The summed E-state index contributed by atoms with van der Waals surface area (Å²) in [5, 5.41) is 3.04. The van der Waals surface area contributed by atoms with Crippen LogP contribution in [0.3, 0.4) is 0 Å². The van der Waals surface area contributed by atoms with Gasteiger partial charge in [-0.15, -0.1) is 0 Å². The molecule has 1 aromatic heterocycles. The minimum Gasteiger partial charge on any atom is -0.497 e. The number of hydrogen-bond donors (Lipinski definition) is 1. The molecule has 0 radical (unpaired) electrons. The van der Waals surface area contributed by atoms with Crippen LogP contribution in [-0.4, -0.2) is 55.7 Å². The van der Waals surface area contributed by atoms with Gasteiger partial charge in [0, 0.05) is 37.6 Å². The van der Waals surface area contributed by atoms with Crippen LogP contribution < -0.4 is 10.1 Å². The number of carbonyl (C=O) groups excluding carboxylic acids is 1. The van der Waals surface area contributed by atoms with Crippen LogP contribution in [0.1, 0.15) is 22.0 Å². The lowest BCUT2D eigenvalue weighted by Gasteiger charge is -2.35. The fourth-order valence-electron chi connectivity index (χ4n) is 2.97. The highest BCUT2D eigenvalue weighted by Crippen LogP contribution is 2.23. The molecule has 1 aliphatic rings. The number of aromatic nitrogens is 1. The first-order valence-electron chi connectivity index (χ1n) is 8.42. The second kappa shape index (κ2) is 8.60. The van der Waals surface area contributed by atoms with Gasteiger partial charge in [0.1, 0.15) is 5.75 Å². The van der Waals surface area contributed by atoms with Crippen molar-refractivity contribution >= 4 is 5.91 Å². The number of rotatable bonds is 6. The molecule has 132 valence electrons. The Morgan fingerprint density at radius 3 is 2.52 bits per heavy atom. The largest absolute Gasteiger partial charge is 0.497 e. The van der Waals surface area contributed by atoms with E-state index < -0.39 is 0 Å². The van der Waals surface area contributed by atoms with Crippen molar-refractivity contribution in [2.24, 2.45) is 0 Å². The molecule has 0 bridgehead atoms. The molecule has 1 N–H and O–H groups in total. The summed E-state index contributed by atoms with van der Waals surface area (Å²) in [5.74, 6) is 0.736. The normalized spacial score (nSPS) is 16.2. The molecule has 1 amide bonds. The zero-order valence-electron chi connectivity index (χ0n) is 14.4. The zero-order valence-corrected chi connectivity index (χ0v) is 14.4. The van der Waals surface area contributed by atoms with Crippen LogP contribution in [0.15, 0.2) is 48.8 Å². The van der Waals surface area contributed by atoms with Gasteiger partial charge in [-0.05, 0) is 29.8 Å². The predicted octanol–water partition coefficient (Wildman–Crippen LogP) is 1.89. The minimum absolute atomic E-state index is 0.0887. The molecule has 6 nitrogen and oxygen atoms in total. The lowest BCUT2D eigenvalue weighted by Crippen LogP contribution is -2.43. The van der Waals surface area contributed by atoms with Gasteiger partial charge >= 0.3 is 0 Å². The van der Waals surface area contributed by atoms with Crippen molar-refractivity contribution in [1.29, 1.82) is 0 Å². The number of amides is 1. The Kier molecular flexibility index (Phi) is 5.98. The number of carbonyl (C=O) groups is 1. The second-order valence-electron chi connectivity index (χ2n) is 5.88. The van der Waals surface area contributed by atoms with E-state index in [0.717, 1.165) is 24.4 Å². The molecule has 0 spiro atoms. The molecular formula is C19H23N3O3. The van der Waals surface area contributed by atoms with Crippen LogP contribution in [0, 0.1) is 0 Å². The van der Waals surface area contributed by atoms with E-state index in [4.69, 9.17) is 9.47 Å². The molecule has 1 saturated heterocycles. The van der Waals surface area contributed by atoms with Gasteiger partial charge in [0.05, 0.1) is 26.4 Å². The topological polar surface area (TPSA) is 63.7 Å². The van der Waals surface area contributed by atoms with Gasteiger partial charge in [-0.2, -0.15) is 0 Å². The van der Waals surface area contributed by atoms with Crippen molar-refractivity contribution in [2.45, 2.75) is 6.04 Å². The lowest BCUT2D eigenvalue weighted by atomic mass is 10.0. The van der Waals surface area contributed by atoms with E-state index in [9.17, 15) is 4.79 Å². The van der Waals surface area contributed by atoms with E-state index in [1.807, 2.05) is 12.1 Å². The standard InChI is InChI=1S/C19H23N3O3/c1-24-17-4-2-15(3-5-17)18(22-10-12-25-13-11-22)14-21-19(23)16-6-8-20-9-7-16/h2-9,18H,10-14H2,1H3,(H,21,23). The van der Waals surface area contributed by atoms with Gasteiger partial charge in [0.25, 0.3) is 5.91 Å². The van der Waals surface area contributed by atoms with E-state index in [2.05, 4.69) is 27.3 Å². The molecule has 3 rings (SSSR count). The molecule has 1 aromatic carbocycles. The molecule has 0 aliphatic carbocycles. The van der Waals surface area contributed by atoms with Crippen LogP contribution >= 0.6 is 0 Å². The molecule has 25 heavy (non-hydrogen) atoms. The van der Waals surface area contributed by atoms with Crippen LogP contribution in [0.5, 0.6) is 5.75 Å². The Morgan fingerprint density at radius 1 is 1.20 bits per heavy atom. The minimum atomic E-state index is -0.0887. The summed E-state index contributed by atoms with van der Waals surface area (Å²) in [6.45, 7) is 3.66. The van der Waals surface area contributed by atoms with E-state index in [0.29, 0.717) is 25.3 Å². The summed E-state index contributed by atoms with van der Waals surface area (Å²) < 4.78 is 10.7. The maximum Gasteiger partial charge on any atom is 0.251 e. The average molecular weight is 341 g/mol. The number of benzene rings is 1. The second-order valence-corrected chi connectivity index (χ2v) is 5.88.